The summed E-state index contributed by atoms with van der Waals surface area (Å²) in [5.41, 5.74) is 2.22. The van der Waals surface area contributed by atoms with E-state index in [9.17, 15) is 0 Å². The van der Waals surface area contributed by atoms with Gasteiger partial charge in [-0.05, 0) is 19.0 Å². The van der Waals surface area contributed by atoms with Crippen LogP contribution in [0.15, 0.2) is 34.9 Å². The molecule has 1 heterocycles. The second-order valence-electron chi connectivity index (χ2n) is 4.94. The molecule has 2 rings (SSSR count). The number of aromatic amines is 1. The van der Waals surface area contributed by atoms with Crippen LogP contribution < -0.4 is 5.32 Å². The topological polar surface area (TPSA) is 40.7 Å². The number of hydrogen-bond donors (Lipinski definition) is 2. The maximum absolute atomic E-state index is 4.45. The van der Waals surface area contributed by atoms with Gasteiger partial charge in [0, 0.05) is 22.5 Å². The van der Waals surface area contributed by atoms with Crippen molar-refractivity contribution in [1.82, 2.24) is 15.3 Å². The number of rotatable bonds is 6. The normalized spacial score (nSPS) is 11.2. The molecule has 3 nitrogen and oxygen atoms in total. The molecule has 19 heavy (non-hydrogen) atoms. The van der Waals surface area contributed by atoms with Gasteiger partial charge in [-0.25, -0.2) is 4.98 Å². The van der Waals surface area contributed by atoms with Gasteiger partial charge in [-0.3, -0.25) is 0 Å². The van der Waals surface area contributed by atoms with Crippen LogP contribution in [0.3, 0.4) is 0 Å². The van der Waals surface area contributed by atoms with Crippen LogP contribution >= 0.6 is 15.9 Å². The van der Waals surface area contributed by atoms with Crippen molar-refractivity contribution in [3.8, 4) is 11.3 Å². The molecule has 1 aromatic heterocycles. The molecule has 2 aromatic rings. The van der Waals surface area contributed by atoms with Crippen molar-refractivity contribution in [1.29, 1.82) is 0 Å². The number of nitrogens with zero attached hydrogens (tertiary/aromatic N) is 1. The smallest absolute Gasteiger partial charge is 0.106 e. The summed E-state index contributed by atoms with van der Waals surface area (Å²) in [7, 11) is 0. The summed E-state index contributed by atoms with van der Waals surface area (Å²) in [5, 5.41) is 3.41. The highest BCUT2D eigenvalue weighted by molar-refractivity contribution is 9.10. The van der Waals surface area contributed by atoms with E-state index in [1.165, 1.54) is 0 Å². The first kappa shape index (κ1) is 14.3. The minimum absolute atomic E-state index is 0.549. The lowest BCUT2D eigenvalue weighted by Gasteiger charge is -2.06. The Kier molecular flexibility index (Phi) is 5.16. The molecular formula is C15H20BrN3. The molecule has 0 unspecified atom stereocenters. The molecule has 0 bridgehead atoms. The number of H-pyrrole nitrogens is 1. The molecule has 0 saturated heterocycles. The highest BCUT2D eigenvalue weighted by Gasteiger charge is 2.06. The quantitative estimate of drug-likeness (QED) is 0.795. The van der Waals surface area contributed by atoms with Gasteiger partial charge in [0.2, 0.25) is 0 Å². The van der Waals surface area contributed by atoms with Gasteiger partial charge in [0.1, 0.15) is 5.82 Å². The third-order valence-corrected chi connectivity index (χ3v) is 3.63. The molecule has 0 aliphatic rings. The van der Waals surface area contributed by atoms with Crippen molar-refractivity contribution in [3.05, 3.63) is 40.8 Å². The molecule has 0 saturated carbocycles. The molecule has 0 aliphatic carbocycles. The Balaban J connectivity index is 1.94. The van der Waals surface area contributed by atoms with Gasteiger partial charge in [0.25, 0.3) is 0 Å². The first-order valence-corrected chi connectivity index (χ1v) is 7.48. The Morgan fingerprint density at radius 3 is 2.84 bits per heavy atom. The molecule has 4 heteroatoms. The van der Waals surface area contributed by atoms with Crippen LogP contribution in [0, 0.1) is 0 Å². The number of imidazole rings is 1. The summed E-state index contributed by atoms with van der Waals surface area (Å²) in [6.45, 7) is 5.36. The van der Waals surface area contributed by atoms with Crippen molar-refractivity contribution < 1.29 is 0 Å². The van der Waals surface area contributed by atoms with Crippen LogP contribution in [0.2, 0.25) is 0 Å². The minimum atomic E-state index is 0.549. The van der Waals surface area contributed by atoms with Crippen LogP contribution in [0.4, 0.5) is 0 Å². The van der Waals surface area contributed by atoms with Crippen molar-refractivity contribution in [2.75, 3.05) is 6.54 Å². The zero-order valence-corrected chi connectivity index (χ0v) is 13.0. The second-order valence-corrected chi connectivity index (χ2v) is 5.79. The van der Waals surface area contributed by atoms with Gasteiger partial charge in [0.15, 0.2) is 0 Å². The van der Waals surface area contributed by atoms with Crippen molar-refractivity contribution in [2.24, 2.45) is 0 Å². The Bertz CT molecular complexity index is 520. The zero-order valence-electron chi connectivity index (χ0n) is 11.4. The van der Waals surface area contributed by atoms with Crippen LogP contribution in [0.1, 0.15) is 26.1 Å². The molecule has 0 amide bonds. The molecule has 0 aliphatic heterocycles. The summed E-state index contributed by atoms with van der Waals surface area (Å²) in [4.78, 5) is 7.84. The molecule has 0 spiro atoms. The first-order valence-electron chi connectivity index (χ1n) is 6.69. The molecular weight excluding hydrogens is 302 g/mol. The Morgan fingerprint density at radius 2 is 2.11 bits per heavy atom. The van der Waals surface area contributed by atoms with Gasteiger partial charge in [-0.1, -0.05) is 48.0 Å². The molecule has 2 N–H and O–H groups in total. The van der Waals surface area contributed by atoms with Gasteiger partial charge < -0.3 is 10.3 Å². The van der Waals surface area contributed by atoms with Crippen LogP contribution in [-0.4, -0.2) is 22.6 Å². The Hall–Kier alpha value is -1.13. The van der Waals surface area contributed by atoms with Gasteiger partial charge >= 0.3 is 0 Å². The molecule has 0 atom stereocenters. The van der Waals surface area contributed by atoms with Crippen molar-refractivity contribution in [2.45, 2.75) is 32.7 Å². The fraction of sp³-hybridized carbons (Fsp3) is 0.400. The number of aromatic nitrogens is 2. The number of halogens is 1. The fourth-order valence-corrected chi connectivity index (χ4v) is 2.45. The highest BCUT2D eigenvalue weighted by Crippen LogP contribution is 2.26. The lowest BCUT2D eigenvalue weighted by molar-refractivity contribution is 0.567. The van der Waals surface area contributed by atoms with E-state index in [0.29, 0.717) is 6.04 Å². The van der Waals surface area contributed by atoms with E-state index in [2.05, 4.69) is 51.1 Å². The van der Waals surface area contributed by atoms with E-state index in [1.807, 2.05) is 24.4 Å². The van der Waals surface area contributed by atoms with Crippen molar-refractivity contribution >= 4 is 15.9 Å². The summed E-state index contributed by atoms with van der Waals surface area (Å²) < 4.78 is 1.09. The fourth-order valence-electron chi connectivity index (χ4n) is 1.95. The molecule has 1 aromatic carbocycles. The van der Waals surface area contributed by atoms with E-state index < -0.39 is 0 Å². The van der Waals surface area contributed by atoms with E-state index in [4.69, 9.17) is 0 Å². The number of hydrogen-bond acceptors (Lipinski definition) is 2. The lowest BCUT2D eigenvalue weighted by atomic mass is 10.2. The summed E-state index contributed by atoms with van der Waals surface area (Å²) >= 11 is 3.56. The predicted molar refractivity (Wildman–Crippen MR) is 83.2 cm³/mol. The zero-order chi connectivity index (χ0) is 13.7. The molecule has 0 radical (unpaired) electrons. The SMILES string of the molecule is CC(C)NCCCc1ncc(-c2ccccc2Br)[nH]1. The average molecular weight is 322 g/mol. The maximum atomic E-state index is 4.45. The van der Waals surface area contributed by atoms with Crippen LogP contribution in [-0.2, 0) is 6.42 Å². The van der Waals surface area contributed by atoms with E-state index in [0.717, 1.165) is 40.9 Å². The predicted octanol–water partition coefficient (Wildman–Crippen LogP) is 3.77. The summed E-state index contributed by atoms with van der Waals surface area (Å²) in [6, 6.07) is 8.73. The second kappa shape index (κ2) is 6.87. The third kappa shape index (κ3) is 4.18. The maximum Gasteiger partial charge on any atom is 0.106 e. The summed E-state index contributed by atoms with van der Waals surface area (Å²) in [6.07, 6.45) is 3.98. The van der Waals surface area contributed by atoms with Crippen molar-refractivity contribution in [3.63, 3.8) is 0 Å². The molecule has 0 fully saturated rings. The van der Waals surface area contributed by atoms with Gasteiger partial charge in [-0.2, -0.15) is 0 Å². The van der Waals surface area contributed by atoms with Crippen LogP contribution in [0.25, 0.3) is 11.3 Å². The van der Waals surface area contributed by atoms with E-state index in [-0.39, 0.29) is 0 Å². The lowest BCUT2D eigenvalue weighted by Crippen LogP contribution is -2.24. The first-order chi connectivity index (χ1) is 9.16. The molecule has 102 valence electrons. The minimum Gasteiger partial charge on any atom is -0.342 e. The van der Waals surface area contributed by atoms with E-state index in [1.54, 1.807) is 0 Å². The third-order valence-electron chi connectivity index (χ3n) is 2.94. The Labute approximate surface area is 123 Å². The number of aryl methyl sites for hydroxylation is 1. The van der Waals surface area contributed by atoms with Crippen LogP contribution in [0.5, 0.6) is 0 Å². The number of nitrogens with one attached hydrogen (secondary N) is 2. The standard InChI is InChI=1S/C15H20BrN3/c1-11(2)17-9-5-8-15-18-10-14(19-15)12-6-3-4-7-13(12)16/h3-4,6-7,10-11,17H,5,8-9H2,1-2H3,(H,18,19). The highest BCUT2D eigenvalue weighted by atomic mass is 79.9. The summed E-state index contributed by atoms with van der Waals surface area (Å²) in [5.74, 6) is 1.05. The number of benzene rings is 1. The van der Waals surface area contributed by atoms with Gasteiger partial charge in [0.05, 0.1) is 11.9 Å². The van der Waals surface area contributed by atoms with E-state index >= 15 is 0 Å². The largest absolute Gasteiger partial charge is 0.342 e. The monoisotopic (exact) mass is 321 g/mol. The Morgan fingerprint density at radius 1 is 1.32 bits per heavy atom. The average Bonchev–Trinajstić information content (AvgIpc) is 2.83. The van der Waals surface area contributed by atoms with Gasteiger partial charge in [-0.15, -0.1) is 0 Å².